The third-order valence-electron chi connectivity index (χ3n) is 1.90. The number of aliphatic hydroxyl groups excluding tert-OH is 2. The largest absolute Gasteiger partial charge is 0.396 e. The summed E-state index contributed by atoms with van der Waals surface area (Å²) >= 11 is 0. The van der Waals surface area contributed by atoms with Crippen molar-refractivity contribution in [2.45, 2.75) is 13.3 Å². The van der Waals surface area contributed by atoms with E-state index in [1.165, 1.54) is 7.11 Å². The van der Waals surface area contributed by atoms with Crippen LogP contribution in [-0.4, -0.2) is 37.1 Å². The van der Waals surface area contributed by atoms with Crippen molar-refractivity contribution in [2.24, 2.45) is 5.41 Å². The van der Waals surface area contributed by atoms with Crippen LogP contribution in [0.15, 0.2) is 0 Å². The average molecular weight is 164 g/mol. The predicted octanol–water partition coefficient (Wildman–Crippen LogP) is -0.0546. The predicted molar refractivity (Wildman–Crippen MR) is 39.9 cm³/mol. The molecule has 0 rings (SSSR count). The summed E-state index contributed by atoms with van der Waals surface area (Å²) in [6.45, 7) is 1.91. The molecule has 0 saturated heterocycles. The first-order valence-corrected chi connectivity index (χ1v) is 3.62. The summed E-state index contributed by atoms with van der Waals surface area (Å²) in [6.07, 6.45) is 0.656. The third kappa shape index (κ3) is 3.16. The molecule has 0 spiro atoms. The van der Waals surface area contributed by atoms with Crippen molar-refractivity contribution in [2.75, 3.05) is 26.9 Å². The van der Waals surface area contributed by atoms with E-state index in [0.29, 0.717) is 6.42 Å². The highest BCUT2D eigenvalue weighted by molar-refractivity contribution is 4.74. The minimum Gasteiger partial charge on any atom is -0.396 e. The second-order valence-corrected chi connectivity index (χ2v) is 2.60. The molecule has 0 amide bonds. The molecule has 0 fully saturated rings. The van der Waals surface area contributed by atoms with Crippen molar-refractivity contribution in [1.82, 2.24) is 0 Å². The molecule has 0 aromatic carbocycles. The highest BCUT2D eigenvalue weighted by Crippen LogP contribution is 2.20. The van der Waals surface area contributed by atoms with Gasteiger partial charge in [-0.2, -0.15) is 0 Å². The zero-order valence-electron chi connectivity index (χ0n) is 7.04. The summed E-state index contributed by atoms with van der Waals surface area (Å²) in [4.78, 5) is 9.03. The van der Waals surface area contributed by atoms with Gasteiger partial charge in [-0.05, 0) is 6.42 Å². The van der Waals surface area contributed by atoms with Crippen molar-refractivity contribution in [3.8, 4) is 0 Å². The quantitative estimate of drug-likeness (QED) is 0.426. The molecule has 4 nitrogen and oxygen atoms in total. The van der Waals surface area contributed by atoms with Gasteiger partial charge in [0, 0.05) is 5.41 Å². The zero-order chi connectivity index (χ0) is 8.74. The number of rotatable bonds is 6. The first-order chi connectivity index (χ1) is 5.24. The standard InChI is InChI=1S/C7H16O4/c1-3-7(4-8,5-9)6-11-10-2/h8-9H,3-6H2,1-2H3. The van der Waals surface area contributed by atoms with Gasteiger partial charge in [0.2, 0.25) is 0 Å². The van der Waals surface area contributed by atoms with Crippen LogP contribution in [0.4, 0.5) is 0 Å². The van der Waals surface area contributed by atoms with Crippen LogP contribution >= 0.6 is 0 Å². The van der Waals surface area contributed by atoms with Crippen molar-refractivity contribution in [3.63, 3.8) is 0 Å². The molecule has 0 aromatic heterocycles. The van der Waals surface area contributed by atoms with Crippen LogP contribution in [0, 0.1) is 5.41 Å². The number of hydrogen-bond acceptors (Lipinski definition) is 4. The van der Waals surface area contributed by atoms with Gasteiger partial charge in [0.15, 0.2) is 0 Å². The minimum absolute atomic E-state index is 0.0939. The summed E-state index contributed by atoms with van der Waals surface area (Å²) in [7, 11) is 1.40. The van der Waals surface area contributed by atoms with Gasteiger partial charge in [-0.15, -0.1) is 0 Å². The van der Waals surface area contributed by atoms with Crippen LogP contribution < -0.4 is 0 Å². The topological polar surface area (TPSA) is 58.9 Å². The normalized spacial score (nSPS) is 12.0. The highest BCUT2D eigenvalue weighted by Gasteiger charge is 2.27. The van der Waals surface area contributed by atoms with Crippen molar-refractivity contribution >= 4 is 0 Å². The van der Waals surface area contributed by atoms with Gasteiger partial charge in [-0.25, -0.2) is 9.78 Å². The molecule has 11 heavy (non-hydrogen) atoms. The molecule has 68 valence electrons. The van der Waals surface area contributed by atoms with Gasteiger partial charge in [0.05, 0.1) is 26.9 Å². The summed E-state index contributed by atoms with van der Waals surface area (Å²) in [5.41, 5.74) is -0.560. The van der Waals surface area contributed by atoms with Crippen LogP contribution in [0.25, 0.3) is 0 Å². The van der Waals surface area contributed by atoms with Crippen molar-refractivity contribution < 1.29 is 20.0 Å². The van der Waals surface area contributed by atoms with E-state index in [9.17, 15) is 0 Å². The first kappa shape index (κ1) is 10.8. The molecule has 4 heteroatoms. The number of hydrogen-bond donors (Lipinski definition) is 2. The zero-order valence-corrected chi connectivity index (χ0v) is 7.04. The first-order valence-electron chi connectivity index (χ1n) is 3.62. The SMILES string of the molecule is CCC(CO)(CO)COOC. The molecule has 0 aliphatic rings. The molecular weight excluding hydrogens is 148 g/mol. The Morgan fingerprint density at radius 2 is 1.82 bits per heavy atom. The van der Waals surface area contributed by atoms with Crippen molar-refractivity contribution in [3.05, 3.63) is 0 Å². The second kappa shape index (κ2) is 5.49. The van der Waals surface area contributed by atoms with Crippen LogP contribution in [-0.2, 0) is 9.78 Å². The van der Waals surface area contributed by atoms with E-state index < -0.39 is 5.41 Å². The lowest BCUT2D eigenvalue weighted by Crippen LogP contribution is -2.34. The fraction of sp³-hybridized carbons (Fsp3) is 1.00. The smallest absolute Gasteiger partial charge is 0.0922 e. The van der Waals surface area contributed by atoms with Gasteiger partial charge in [-0.1, -0.05) is 6.92 Å². The van der Waals surface area contributed by atoms with Gasteiger partial charge in [-0.3, -0.25) is 0 Å². The molecule has 0 bridgehead atoms. The van der Waals surface area contributed by atoms with E-state index in [2.05, 4.69) is 9.78 Å². The van der Waals surface area contributed by atoms with E-state index in [-0.39, 0.29) is 19.8 Å². The Kier molecular flexibility index (Phi) is 5.41. The maximum absolute atomic E-state index is 8.91. The fourth-order valence-corrected chi connectivity index (χ4v) is 0.651. The van der Waals surface area contributed by atoms with Crippen LogP contribution in [0.3, 0.4) is 0 Å². The van der Waals surface area contributed by atoms with E-state index in [4.69, 9.17) is 10.2 Å². The van der Waals surface area contributed by atoms with E-state index in [1.54, 1.807) is 0 Å². The Morgan fingerprint density at radius 3 is 2.09 bits per heavy atom. The Hall–Kier alpha value is -0.160. The van der Waals surface area contributed by atoms with E-state index in [1.807, 2.05) is 6.92 Å². The average Bonchev–Trinajstić information content (AvgIpc) is 2.08. The monoisotopic (exact) mass is 164 g/mol. The maximum Gasteiger partial charge on any atom is 0.0922 e. The molecule has 0 aliphatic carbocycles. The second-order valence-electron chi connectivity index (χ2n) is 2.60. The summed E-state index contributed by atoms with van der Waals surface area (Å²) < 4.78 is 0. The maximum atomic E-state index is 8.91. The summed E-state index contributed by atoms with van der Waals surface area (Å²) in [5.74, 6) is 0. The summed E-state index contributed by atoms with van der Waals surface area (Å²) in [5, 5.41) is 17.8. The molecule has 0 aromatic rings. The van der Waals surface area contributed by atoms with Gasteiger partial charge >= 0.3 is 0 Å². The lowest BCUT2D eigenvalue weighted by atomic mass is 9.88. The molecule has 0 unspecified atom stereocenters. The van der Waals surface area contributed by atoms with E-state index >= 15 is 0 Å². The van der Waals surface area contributed by atoms with Crippen LogP contribution in [0.2, 0.25) is 0 Å². The van der Waals surface area contributed by atoms with Crippen LogP contribution in [0.1, 0.15) is 13.3 Å². The van der Waals surface area contributed by atoms with Crippen LogP contribution in [0.5, 0.6) is 0 Å². The highest BCUT2D eigenvalue weighted by atomic mass is 17.2. The molecule has 0 atom stereocenters. The molecule has 2 N–H and O–H groups in total. The summed E-state index contributed by atoms with van der Waals surface area (Å²) in [6, 6.07) is 0. The molecule has 0 heterocycles. The van der Waals surface area contributed by atoms with Gasteiger partial charge in [0.25, 0.3) is 0 Å². The number of aliphatic hydroxyl groups is 2. The molecule has 0 radical (unpaired) electrons. The van der Waals surface area contributed by atoms with Gasteiger partial charge in [0.1, 0.15) is 0 Å². The lowest BCUT2D eigenvalue weighted by Gasteiger charge is -2.26. The third-order valence-corrected chi connectivity index (χ3v) is 1.90. The lowest BCUT2D eigenvalue weighted by molar-refractivity contribution is -0.294. The Labute approximate surface area is 66.7 Å². The van der Waals surface area contributed by atoms with Gasteiger partial charge < -0.3 is 10.2 Å². The Bertz CT molecular complexity index is 82.2. The molecule has 0 aliphatic heterocycles. The minimum atomic E-state index is -0.560. The Balaban J connectivity index is 3.84. The Morgan fingerprint density at radius 1 is 1.27 bits per heavy atom. The molecular formula is C7H16O4. The van der Waals surface area contributed by atoms with Crippen molar-refractivity contribution in [1.29, 1.82) is 0 Å². The molecule has 0 saturated carbocycles. The fourth-order valence-electron chi connectivity index (χ4n) is 0.651. The van der Waals surface area contributed by atoms with E-state index in [0.717, 1.165) is 0 Å².